The SMILES string of the molecule is C[C@H]1SC[C@H](NC(=O)[C@@H]2CCCN2C(=O)[C@H](Cc2cnc[nH]2)N=C=O)NC1=O.O.O.O.O. The summed E-state index contributed by atoms with van der Waals surface area (Å²) in [6.07, 6.45) is 5.38. The molecule has 0 spiro atoms. The number of carbonyl (C=O) groups is 3. The number of aromatic nitrogens is 2. The molecule has 0 bridgehead atoms. The number of nitrogens with zero attached hydrogens (tertiary/aromatic N) is 3. The van der Waals surface area contributed by atoms with Gasteiger partial charge in [-0.1, -0.05) is 0 Å². The highest BCUT2D eigenvalue weighted by atomic mass is 32.2. The molecule has 0 radical (unpaired) electrons. The molecular weight excluding hydrogens is 448 g/mol. The molecule has 3 rings (SSSR count). The molecule has 2 fully saturated rings. The normalized spacial score (nSPS) is 22.3. The largest absolute Gasteiger partial charge is 0.412 e. The minimum Gasteiger partial charge on any atom is -0.412 e. The molecule has 0 unspecified atom stereocenters. The Morgan fingerprint density at radius 3 is 2.69 bits per heavy atom. The number of aliphatic imine (C=N–C) groups is 1. The summed E-state index contributed by atoms with van der Waals surface area (Å²) in [6.45, 7) is 2.22. The van der Waals surface area contributed by atoms with Gasteiger partial charge >= 0.3 is 0 Å². The highest BCUT2D eigenvalue weighted by molar-refractivity contribution is 8.00. The summed E-state index contributed by atoms with van der Waals surface area (Å²) in [7, 11) is 0. The summed E-state index contributed by atoms with van der Waals surface area (Å²) >= 11 is 1.46. The Kier molecular flexibility index (Phi) is 14.0. The van der Waals surface area contributed by atoms with E-state index in [0.717, 1.165) is 0 Å². The van der Waals surface area contributed by atoms with Crippen molar-refractivity contribution in [3.05, 3.63) is 18.2 Å². The van der Waals surface area contributed by atoms with Crippen LogP contribution >= 0.6 is 11.8 Å². The van der Waals surface area contributed by atoms with Crippen molar-refractivity contribution in [2.45, 2.75) is 49.7 Å². The van der Waals surface area contributed by atoms with Crippen LogP contribution < -0.4 is 10.6 Å². The van der Waals surface area contributed by atoms with Crippen molar-refractivity contribution in [3.8, 4) is 0 Å². The summed E-state index contributed by atoms with van der Waals surface area (Å²) in [5.41, 5.74) is 0.661. The van der Waals surface area contributed by atoms with Crippen LogP contribution in [0.5, 0.6) is 0 Å². The Hall–Kier alpha value is -2.81. The lowest BCUT2D eigenvalue weighted by Gasteiger charge is -2.31. The first-order valence-electron chi connectivity index (χ1n) is 9.06. The van der Waals surface area contributed by atoms with Crippen molar-refractivity contribution in [2.24, 2.45) is 4.99 Å². The molecule has 3 heterocycles. The lowest BCUT2D eigenvalue weighted by atomic mass is 10.1. The Balaban J connectivity index is 0. The van der Waals surface area contributed by atoms with Crippen molar-refractivity contribution in [2.75, 3.05) is 12.3 Å². The molecule has 2 aliphatic heterocycles. The molecule has 15 heteroatoms. The first-order valence-corrected chi connectivity index (χ1v) is 10.1. The van der Waals surface area contributed by atoms with Crippen LogP contribution in [-0.2, 0) is 25.6 Å². The van der Waals surface area contributed by atoms with Gasteiger partial charge < -0.3 is 42.4 Å². The van der Waals surface area contributed by atoms with Crippen molar-refractivity contribution < 1.29 is 41.1 Å². The quantitative estimate of drug-likeness (QED) is 0.271. The van der Waals surface area contributed by atoms with Gasteiger partial charge in [0.05, 0.1) is 11.6 Å². The number of amides is 3. The Morgan fingerprint density at radius 2 is 2.09 bits per heavy atom. The van der Waals surface area contributed by atoms with Gasteiger partial charge in [-0.25, -0.2) is 9.78 Å². The molecule has 0 aromatic carbocycles. The van der Waals surface area contributed by atoms with Crippen molar-refractivity contribution in [1.82, 2.24) is 25.5 Å². The molecule has 11 N–H and O–H groups in total. The molecule has 2 saturated heterocycles. The average Bonchev–Trinajstić information content (AvgIpc) is 3.35. The first-order chi connectivity index (χ1) is 13.5. The van der Waals surface area contributed by atoms with Gasteiger partial charge in [0.2, 0.25) is 23.8 Å². The molecule has 3 amide bonds. The maximum Gasteiger partial charge on any atom is 0.249 e. The van der Waals surface area contributed by atoms with Crippen molar-refractivity contribution >= 4 is 35.6 Å². The molecule has 1 aromatic heterocycles. The fourth-order valence-corrected chi connectivity index (χ4v) is 4.21. The summed E-state index contributed by atoms with van der Waals surface area (Å²) in [6, 6.07) is -1.61. The molecular formula is C17H30N6O8S. The monoisotopic (exact) mass is 478 g/mol. The van der Waals surface area contributed by atoms with Gasteiger partial charge in [-0.3, -0.25) is 14.4 Å². The Labute approximate surface area is 187 Å². The minimum absolute atomic E-state index is 0. The van der Waals surface area contributed by atoms with Crippen LogP contribution in [0.4, 0.5) is 0 Å². The summed E-state index contributed by atoms with van der Waals surface area (Å²) in [4.78, 5) is 60.1. The van der Waals surface area contributed by atoms with Gasteiger partial charge in [0.15, 0.2) is 0 Å². The van der Waals surface area contributed by atoms with E-state index < -0.39 is 24.2 Å². The summed E-state index contributed by atoms with van der Waals surface area (Å²) < 4.78 is 0. The first kappa shape index (κ1) is 31.4. The third-order valence-corrected chi connectivity index (χ3v) is 6.06. The van der Waals surface area contributed by atoms with E-state index in [2.05, 4.69) is 25.6 Å². The second-order valence-corrected chi connectivity index (χ2v) is 8.13. The lowest BCUT2D eigenvalue weighted by Crippen LogP contribution is -2.58. The van der Waals surface area contributed by atoms with E-state index in [1.54, 1.807) is 6.20 Å². The van der Waals surface area contributed by atoms with Crippen LogP contribution in [-0.4, -0.2) is 96.4 Å². The molecule has 182 valence electrons. The fraction of sp³-hybridized carbons (Fsp3) is 0.588. The van der Waals surface area contributed by atoms with Crippen molar-refractivity contribution in [1.29, 1.82) is 0 Å². The van der Waals surface area contributed by atoms with Gasteiger partial charge in [0.25, 0.3) is 0 Å². The van der Waals surface area contributed by atoms with Crippen LogP contribution in [0.25, 0.3) is 0 Å². The molecule has 32 heavy (non-hydrogen) atoms. The van der Waals surface area contributed by atoms with E-state index in [1.807, 2.05) is 6.92 Å². The highest BCUT2D eigenvalue weighted by Gasteiger charge is 2.38. The number of likely N-dealkylation sites (tertiary alicyclic amines) is 1. The predicted octanol–water partition coefficient (Wildman–Crippen LogP) is -3.96. The lowest BCUT2D eigenvalue weighted by molar-refractivity contribution is -0.139. The molecule has 2 aliphatic rings. The number of H-pyrrole nitrogens is 1. The maximum atomic E-state index is 12.9. The summed E-state index contributed by atoms with van der Waals surface area (Å²) in [5.74, 6) is -0.272. The molecule has 1 aromatic rings. The number of carbonyl (C=O) groups excluding carboxylic acids is 4. The zero-order chi connectivity index (χ0) is 20.1. The van der Waals surface area contributed by atoms with E-state index in [1.165, 1.54) is 29.1 Å². The minimum atomic E-state index is -0.961. The van der Waals surface area contributed by atoms with Crippen molar-refractivity contribution in [3.63, 3.8) is 0 Å². The third-order valence-electron chi connectivity index (χ3n) is 4.82. The topological polar surface area (TPSA) is 263 Å². The van der Waals surface area contributed by atoms with Crippen LogP contribution in [0, 0.1) is 0 Å². The number of imidazole rings is 1. The Bertz CT molecular complexity index is 788. The van der Waals surface area contributed by atoms with Gasteiger partial charge in [-0.2, -0.15) is 4.99 Å². The number of isocyanates is 1. The van der Waals surface area contributed by atoms with Gasteiger partial charge in [0, 0.05) is 30.6 Å². The van der Waals surface area contributed by atoms with Crippen LogP contribution in [0.3, 0.4) is 0 Å². The molecule has 0 saturated carbocycles. The standard InChI is InChI=1S/C17H22N6O4S.4H2O/c1-10-15(25)21-14(7-28-10)22-16(26)13-3-2-4-23(13)17(27)12(20-9-24)5-11-6-18-8-19-11;;;;/h6,8,10,12-14H,2-5,7H2,1H3,(H,18,19)(H,21,25)(H,22,26);4*1H2/t10-,12+,13+,14+;;;;/m1..../s1. The van der Waals surface area contributed by atoms with Gasteiger partial charge in [0.1, 0.15) is 18.2 Å². The van der Waals surface area contributed by atoms with Gasteiger partial charge in [-0.15, -0.1) is 11.8 Å². The zero-order valence-corrected chi connectivity index (χ0v) is 18.2. The van der Waals surface area contributed by atoms with E-state index in [-0.39, 0.29) is 45.4 Å². The van der Waals surface area contributed by atoms with Crippen LogP contribution in [0.1, 0.15) is 25.5 Å². The zero-order valence-electron chi connectivity index (χ0n) is 17.4. The van der Waals surface area contributed by atoms with E-state index in [4.69, 9.17) is 0 Å². The maximum absolute atomic E-state index is 12.9. The second kappa shape index (κ2) is 14.3. The summed E-state index contributed by atoms with van der Waals surface area (Å²) in [5, 5.41) is 5.41. The van der Waals surface area contributed by atoms with Crippen LogP contribution in [0.15, 0.2) is 17.5 Å². The number of rotatable bonds is 6. The van der Waals surface area contributed by atoms with Crippen LogP contribution in [0.2, 0.25) is 0 Å². The number of thioether (sulfide) groups is 1. The second-order valence-electron chi connectivity index (χ2n) is 6.75. The third kappa shape index (κ3) is 7.40. The fourth-order valence-electron chi connectivity index (χ4n) is 3.34. The smallest absolute Gasteiger partial charge is 0.249 e. The average molecular weight is 479 g/mol. The van der Waals surface area contributed by atoms with Gasteiger partial charge in [-0.05, 0) is 19.8 Å². The number of nitrogens with one attached hydrogen (secondary N) is 3. The predicted molar refractivity (Wildman–Crippen MR) is 115 cm³/mol. The Morgan fingerprint density at radius 1 is 1.38 bits per heavy atom. The number of hydrogen-bond acceptors (Lipinski definition) is 7. The van der Waals surface area contributed by atoms with E-state index in [9.17, 15) is 19.2 Å². The highest BCUT2D eigenvalue weighted by Crippen LogP contribution is 2.21. The molecule has 14 nitrogen and oxygen atoms in total. The van der Waals surface area contributed by atoms with E-state index in [0.29, 0.717) is 30.8 Å². The molecule has 0 aliphatic carbocycles. The van der Waals surface area contributed by atoms with E-state index >= 15 is 0 Å². The number of aromatic amines is 1. The number of hydrogen-bond donors (Lipinski definition) is 3. The molecule has 4 atom stereocenters.